The summed E-state index contributed by atoms with van der Waals surface area (Å²) >= 11 is 0.203. The number of aliphatic hydroxyl groups excluding tert-OH is 2. The molecule has 0 radical (unpaired) electrons. The highest BCUT2D eigenvalue weighted by atomic mass is 32.2. The topological polar surface area (TPSA) is 179 Å². The van der Waals surface area contributed by atoms with Gasteiger partial charge in [0.1, 0.15) is 24.4 Å². The second-order valence-electron chi connectivity index (χ2n) is 17.2. The van der Waals surface area contributed by atoms with Gasteiger partial charge in [-0.2, -0.15) is 0 Å². The summed E-state index contributed by atoms with van der Waals surface area (Å²) in [5, 5.41) is 36.3. The largest absolute Gasteiger partial charge is 0.462 e. The van der Waals surface area contributed by atoms with E-state index in [0.717, 1.165) is 103 Å². The van der Waals surface area contributed by atoms with Gasteiger partial charge in [0.15, 0.2) is 24.7 Å². The van der Waals surface area contributed by atoms with Crippen LogP contribution < -0.4 is 5.32 Å². The fourth-order valence-corrected chi connectivity index (χ4v) is 8.62. The average Bonchev–Trinajstić information content (AvgIpc) is 3.30. The molecular weight excluding hydrogens is 839 g/mol. The van der Waals surface area contributed by atoms with Crippen LogP contribution in [-0.4, -0.2) is 76.7 Å². The number of amides is 1. The zero-order valence-electron chi connectivity index (χ0n) is 38.5. The lowest BCUT2D eigenvalue weighted by molar-refractivity contribution is -0.435. The van der Waals surface area contributed by atoms with Crippen molar-refractivity contribution in [2.45, 2.75) is 217 Å². The van der Waals surface area contributed by atoms with Gasteiger partial charge in [-0.1, -0.05) is 175 Å². The first-order valence-corrected chi connectivity index (χ1v) is 25.0. The van der Waals surface area contributed by atoms with E-state index >= 15 is 0 Å². The molecule has 4 N–H and O–H groups in total. The first-order valence-electron chi connectivity index (χ1n) is 24.3. The van der Waals surface area contributed by atoms with E-state index in [9.17, 15) is 24.6 Å². The molecule has 0 aliphatic carbocycles. The van der Waals surface area contributed by atoms with Crippen LogP contribution in [0.5, 0.6) is 0 Å². The normalized spacial score (nSPS) is 19.0. The van der Waals surface area contributed by atoms with Gasteiger partial charge in [0, 0.05) is 12.8 Å². The molecule has 1 unspecified atom stereocenters. The Kier molecular flexibility index (Phi) is 31.2. The van der Waals surface area contributed by atoms with Gasteiger partial charge in [0.2, 0.25) is 5.91 Å². The van der Waals surface area contributed by atoms with Gasteiger partial charge < -0.3 is 29.7 Å². The van der Waals surface area contributed by atoms with Crippen LogP contribution in [0.2, 0.25) is 0 Å². The van der Waals surface area contributed by atoms with Crippen molar-refractivity contribution in [2.75, 3.05) is 6.61 Å². The molecule has 1 amide bonds. The number of aliphatic hydroxyl groups is 2. The van der Waals surface area contributed by atoms with E-state index in [2.05, 4.69) is 58.0 Å². The molecule has 1 aliphatic heterocycles. The van der Waals surface area contributed by atoms with Crippen LogP contribution in [0.25, 0.3) is 0 Å². The molecule has 2 aromatic rings. The first-order chi connectivity index (χ1) is 31.3. The Hall–Kier alpha value is -3.08. The molecule has 1 aliphatic rings. The SMILES string of the molecule is CCCCCCCCCCC[C@@H](CC(=O)N[C@H]1C(O)O[C@H](CO)[C@@H](OSOOO)[C@@H]1OC(=O)CCCCCCCCc1ccccc1)OC(=O)CCCCCCCCc1ccccc1. The molecule has 362 valence electrons. The van der Waals surface area contributed by atoms with Crippen molar-refractivity contribution in [1.29, 1.82) is 0 Å². The van der Waals surface area contributed by atoms with Crippen molar-refractivity contribution in [3.8, 4) is 0 Å². The average molecular weight is 918 g/mol. The Labute approximate surface area is 387 Å². The van der Waals surface area contributed by atoms with E-state index in [-0.39, 0.29) is 37.6 Å². The van der Waals surface area contributed by atoms with Crippen molar-refractivity contribution in [3.05, 3.63) is 71.8 Å². The molecule has 0 spiro atoms. The predicted octanol–water partition coefficient (Wildman–Crippen LogP) is 10.6. The first kappa shape index (κ1) is 55.2. The summed E-state index contributed by atoms with van der Waals surface area (Å²) in [6, 6.07) is 19.5. The van der Waals surface area contributed by atoms with Gasteiger partial charge in [-0.05, 0) is 62.5 Å². The molecule has 3 rings (SSSR count). The number of unbranched alkanes of at least 4 members (excludes halogenated alkanes) is 18. The maximum Gasteiger partial charge on any atom is 0.306 e. The fraction of sp³-hybridized carbons (Fsp3) is 0.700. The number of hydrogen-bond donors (Lipinski definition) is 4. The van der Waals surface area contributed by atoms with Crippen LogP contribution in [0.15, 0.2) is 60.7 Å². The molecule has 0 aromatic heterocycles. The van der Waals surface area contributed by atoms with E-state index in [4.69, 9.17) is 23.7 Å². The van der Waals surface area contributed by atoms with Crippen molar-refractivity contribution < 1.29 is 57.6 Å². The number of esters is 2. The molecule has 2 aromatic carbocycles. The van der Waals surface area contributed by atoms with E-state index in [1.54, 1.807) is 0 Å². The Morgan fingerprint density at radius 2 is 1.17 bits per heavy atom. The highest BCUT2D eigenvalue weighted by molar-refractivity contribution is 7.89. The summed E-state index contributed by atoms with van der Waals surface area (Å²) in [6.45, 7) is 1.57. The van der Waals surface area contributed by atoms with Crippen LogP contribution in [0, 0.1) is 0 Å². The quantitative estimate of drug-likeness (QED) is 0.0165. The third kappa shape index (κ3) is 25.0. The molecular formula is C50H79NO12S. The van der Waals surface area contributed by atoms with Crippen LogP contribution >= 0.6 is 12.3 Å². The molecule has 64 heavy (non-hydrogen) atoms. The van der Waals surface area contributed by atoms with Crippen molar-refractivity contribution in [3.63, 3.8) is 0 Å². The molecule has 13 nitrogen and oxygen atoms in total. The van der Waals surface area contributed by atoms with Crippen molar-refractivity contribution in [1.82, 2.24) is 5.32 Å². The summed E-state index contributed by atoms with van der Waals surface area (Å²) in [4.78, 5) is 40.1. The minimum Gasteiger partial charge on any atom is -0.462 e. The standard InChI is InChI=1S/C50H79NO12S/c1-2-3-4-5-6-7-8-15-26-35-42(58-45(54)36-27-16-11-9-13-20-29-40-31-22-18-23-32-40)38-44(53)51-47-49(48(61-64-63-62-57)43(39-52)59-50(47)56)60-46(55)37-28-17-12-10-14-21-30-41-33-24-19-25-34-41/h18-19,22-25,31-34,42-43,47-50,52,56-57H,2-17,20-21,26-30,35-39H2,1H3,(H,51,53)/t42-,43+,47+,48+,49+,50?/m0/s1. The minimum absolute atomic E-state index is 0.0864. The van der Waals surface area contributed by atoms with Gasteiger partial charge in [-0.25, -0.2) is 5.26 Å². The molecule has 0 bridgehead atoms. The minimum atomic E-state index is -1.69. The van der Waals surface area contributed by atoms with Gasteiger partial charge in [-0.15, -0.1) is 4.33 Å². The van der Waals surface area contributed by atoms with Crippen LogP contribution in [0.3, 0.4) is 0 Å². The Morgan fingerprint density at radius 1 is 0.672 bits per heavy atom. The zero-order valence-corrected chi connectivity index (χ0v) is 39.3. The third-order valence-electron chi connectivity index (χ3n) is 11.9. The van der Waals surface area contributed by atoms with E-state index in [0.29, 0.717) is 19.3 Å². The lowest BCUT2D eigenvalue weighted by Gasteiger charge is -2.43. The summed E-state index contributed by atoms with van der Waals surface area (Å²) in [6.07, 6.45) is 18.4. The van der Waals surface area contributed by atoms with Crippen LogP contribution in [-0.2, 0) is 55.0 Å². The predicted molar refractivity (Wildman–Crippen MR) is 248 cm³/mol. The molecule has 0 saturated carbocycles. The van der Waals surface area contributed by atoms with E-state index in [1.165, 1.54) is 43.2 Å². The molecule has 6 atom stereocenters. The van der Waals surface area contributed by atoms with Gasteiger partial charge >= 0.3 is 11.9 Å². The van der Waals surface area contributed by atoms with Crippen LogP contribution in [0.4, 0.5) is 0 Å². The summed E-state index contributed by atoms with van der Waals surface area (Å²) < 4.78 is 27.4. The number of nitrogens with one attached hydrogen (secondary N) is 1. The number of hydrogen-bond acceptors (Lipinski definition) is 13. The third-order valence-corrected chi connectivity index (χ3v) is 12.3. The van der Waals surface area contributed by atoms with Crippen LogP contribution in [0.1, 0.15) is 179 Å². The Bertz CT molecular complexity index is 1470. The smallest absolute Gasteiger partial charge is 0.306 e. The summed E-state index contributed by atoms with van der Waals surface area (Å²) in [7, 11) is 0. The highest BCUT2D eigenvalue weighted by Crippen LogP contribution is 2.29. The van der Waals surface area contributed by atoms with E-state index in [1.807, 2.05) is 24.3 Å². The lowest BCUT2D eigenvalue weighted by Crippen LogP contribution is -2.65. The monoisotopic (exact) mass is 918 g/mol. The molecule has 1 heterocycles. The van der Waals surface area contributed by atoms with Gasteiger partial charge in [0.25, 0.3) is 0 Å². The zero-order chi connectivity index (χ0) is 45.9. The highest BCUT2D eigenvalue weighted by Gasteiger charge is 2.49. The lowest BCUT2D eigenvalue weighted by atomic mass is 9.96. The second-order valence-corrected chi connectivity index (χ2v) is 17.7. The molecule has 1 saturated heterocycles. The molecule has 14 heteroatoms. The number of carbonyl (C=O) groups is 3. The number of carbonyl (C=O) groups excluding carboxylic acids is 3. The Balaban J connectivity index is 1.54. The maximum atomic E-state index is 13.8. The maximum absolute atomic E-state index is 13.8. The van der Waals surface area contributed by atoms with E-state index < -0.39 is 55.2 Å². The van der Waals surface area contributed by atoms with Gasteiger partial charge in [0.05, 0.1) is 13.0 Å². The fourth-order valence-electron chi connectivity index (χ4n) is 8.24. The number of benzene rings is 2. The number of rotatable bonds is 38. The Morgan fingerprint density at radius 3 is 1.70 bits per heavy atom. The number of ether oxygens (including phenoxy) is 3. The molecule has 1 fully saturated rings. The second kappa shape index (κ2) is 36.1. The van der Waals surface area contributed by atoms with Crippen molar-refractivity contribution >= 4 is 30.2 Å². The summed E-state index contributed by atoms with van der Waals surface area (Å²) in [5.41, 5.74) is 2.68. The number of aryl methyl sites for hydroxylation is 2. The van der Waals surface area contributed by atoms with Gasteiger partial charge in [-0.3, -0.25) is 18.6 Å². The van der Waals surface area contributed by atoms with Crippen molar-refractivity contribution in [2.24, 2.45) is 0 Å². The summed E-state index contributed by atoms with van der Waals surface area (Å²) in [5.74, 6) is -1.48.